The van der Waals surface area contributed by atoms with Crippen LogP contribution < -0.4 is 15.0 Å². The minimum Gasteiger partial charge on any atom is -0.310 e. The van der Waals surface area contributed by atoms with E-state index in [4.69, 9.17) is 0 Å². The Bertz CT molecular complexity index is 2620. The minimum absolute atomic E-state index is 1.14. The van der Waals surface area contributed by atoms with E-state index >= 15 is 0 Å². The first-order chi connectivity index (χ1) is 24.4. The summed E-state index contributed by atoms with van der Waals surface area (Å²) in [6, 6.07) is 60.1. The van der Waals surface area contributed by atoms with Gasteiger partial charge in [-0.25, -0.2) is 0 Å². The third-order valence-corrected chi connectivity index (χ3v) is 12.2. The first kappa shape index (κ1) is 30.2. The fraction of sp³-hybridized carbons (Fsp3) is 0.0870. The molecule has 0 bridgehead atoms. The summed E-state index contributed by atoms with van der Waals surface area (Å²) in [7, 11) is -1.44. The van der Waals surface area contributed by atoms with Gasteiger partial charge in [0.1, 0.15) is 0 Å². The van der Waals surface area contributed by atoms with Crippen molar-refractivity contribution in [2.75, 3.05) is 9.80 Å². The highest BCUT2D eigenvalue weighted by Gasteiger charge is 2.26. The molecule has 0 unspecified atom stereocenters. The van der Waals surface area contributed by atoms with Crippen LogP contribution in [0.5, 0.6) is 0 Å². The summed E-state index contributed by atoms with van der Waals surface area (Å²) in [5, 5.41) is 6.50. The van der Waals surface area contributed by atoms with Crippen molar-refractivity contribution in [3.8, 4) is 0 Å². The van der Waals surface area contributed by atoms with Crippen LogP contribution in [0.2, 0.25) is 19.6 Å². The van der Waals surface area contributed by atoms with E-state index < -0.39 is 8.07 Å². The number of aryl methyl sites for hydroxylation is 1. The Labute approximate surface area is 294 Å². The molecule has 0 fully saturated rings. The monoisotopic (exact) mass is 661 g/mol. The predicted octanol–water partition coefficient (Wildman–Crippen LogP) is 12.6. The highest BCUT2D eigenvalue weighted by Crippen LogP contribution is 2.49. The van der Waals surface area contributed by atoms with Gasteiger partial charge in [-0.1, -0.05) is 121 Å². The lowest BCUT2D eigenvalue weighted by atomic mass is 10.0. The van der Waals surface area contributed by atoms with Gasteiger partial charge in [0.05, 0.1) is 36.0 Å². The normalized spacial score (nSPS) is 12.0. The zero-order chi connectivity index (χ0) is 34.0. The van der Waals surface area contributed by atoms with E-state index in [1.165, 1.54) is 65.9 Å². The predicted molar refractivity (Wildman–Crippen MR) is 218 cm³/mol. The van der Waals surface area contributed by atoms with Crippen molar-refractivity contribution in [2.45, 2.75) is 26.6 Å². The van der Waals surface area contributed by atoms with Gasteiger partial charge in [-0.05, 0) is 79.7 Å². The lowest BCUT2D eigenvalue weighted by Gasteiger charge is -2.27. The number of hydrogen-bond acceptors (Lipinski definition) is 2. The first-order valence-electron chi connectivity index (χ1n) is 17.5. The Morgan fingerprint density at radius 1 is 0.420 bits per heavy atom. The highest BCUT2D eigenvalue weighted by molar-refractivity contribution is 6.88. The van der Waals surface area contributed by atoms with Crippen LogP contribution in [0.25, 0.3) is 38.1 Å². The number of hydrogen-bond donors (Lipinski definition) is 0. The molecule has 0 N–H and O–H groups in total. The third-order valence-electron chi connectivity index (χ3n) is 10.1. The van der Waals surface area contributed by atoms with Crippen molar-refractivity contribution in [1.82, 2.24) is 4.40 Å². The summed E-state index contributed by atoms with van der Waals surface area (Å²) in [5.41, 5.74) is 11.9. The Morgan fingerprint density at radius 3 is 1.30 bits per heavy atom. The van der Waals surface area contributed by atoms with Crippen molar-refractivity contribution in [3.63, 3.8) is 0 Å². The van der Waals surface area contributed by atoms with E-state index in [0.29, 0.717) is 0 Å². The van der Waals surface area contributed by atoms with Gasteiger partial charge in [0.2, 0.25) is 0 Å². The number of anilines is 6. The van der Waals surface area contributed by atoms with Gasteiger partial charge in [0, 0.05) is 44.3 Å². The second-order valence-corrected chi connectivity index (χ2v) is 19.4. The van der Waals surface area contributed by atoms with Crippen LogP contribution in [0.1, 0.15) is 5.56 Å². The fourth-order valence-electron chi connectivity index (χ4n) is 7.73. The summed E-state index contributed by atoms with van der Waals surface area (Å²) in [6.45, 7) is 9.37. The summed E-state index contributed by atoms with van der Waals surface area (Å²) in [5.74, 6) is 0. The molecule has 7 aromatic carbocycles. The number of rotatable bonds is 7. The van der Waals surface area contributed by atoms with Crippen LogP contribution >= 0.6 is 0 Å². The average Bonchev–Trinajstić information content (AvgIpc) is 3.67. The molecule has 0 aliphatic heterocycles. The quantitative estimate of drug-likeness (QED) is 0.157. The number of nitrogens with zero attached hydrogens (tertiary/aromatic N) is 3. The maximum absolute atomic E-state index is 2.50. The Hall–Kier alpha value is -5.84. The molecule has 242 valence electrons. The zero-order valence-electron chi connectivity index (χ0n) is 28.9. The van der Waals surface area contributed by atoms with Gasteiger partial charge in [0.15, 0.2) is 0 Å². The second kappa shape index (κ2) is 11.6. The van der Waals surface area contributed by atoms with E-state index in [1.54, 1.807) is 0 Å². The second-order valence-electron chi connectivity index (χ2n) is 14.4. The molecule has 2 heterocycles. The fourth-order valence-corrected chi connectivity index (χ4v) is 8.89. The molecule has 2 aromatic heterocycles. The van der Waals surface area contributed by atoms with Gasteiger partial charge in [-0.15, -0.1) is 0 Å². The molecule has 0 atom stereocenters. The molecule has 0 spiro atoms. The summed E-state index contributed by atoms with van der Waals surface area (Å²) in [6.07, 6.45) is 0. The van der Waals surface area contributed by atoms with Crippen molar-refractivity contribution in [1.29, 1.82) is 0 Å². The molecule has 50 heavy (non-hydrogen) atoms. The molecule has 0 saturated carbocycles. The van der Waals surface area contributed by atoms with Crippen molar-refractivity contribution in [3.05, 3.63) is 169 Å². The van der Waals surface area contributed by atoms with Crippen molar-refractivity contribution in [2.24, 2.45) is 0 Å². The largest absolute Gasteiger partial charge is 0.310 e. The molecule has 9 aromatic rings. The molecule has 9 rings (SSSR count). The Morgan fingerprint density at radius 2 is 0.840 bits per heavy atom. The molecular formula is C46H39N3Si. The van der Waals surface area contributed by atoms with E-state index in [0.717, 1.165) is 17.1 Å². The smallest absolute Gasteiger partial charge is 0.0775 e. The van der Waals surface area contributed by atoms with E-state index in [9.17, 15) is 0 Å². The maximum atomic E-state index is 2.50. The molecule has 0 radical (unpaired) electrons. The highest BCUT2D eigenvalue weighted by atomic mass is 28.3. The number of aromatic nitrogens is 1. The molecule has 0 amide bonds. The van der Waals surface area contributed by atoms with Gasteiger partial charge in [-0.2, -0.15) is 0 Å². The average molecular weight is 662 g/mol. The molecule has 0 aliphatic carbocycles. The van der Waals surface area contributed by atoms with Crippen LogP contribution in [-0.2, 0) is 0 Å². The Kier molecular flexibility index (Phi) is 7.04. The molecule has 0 aliphatic rings. The maximum Gasteiger partial charge on any atom is 0.0775 e. The molecule has 4 heteroatoms. The lowest BCUT2D eigenvalue weighted by Crippen LogP contribution is -2.37. The zero-order valence-corrected chi connectivity index (χ0v) is 29.9. The molecule has 0 saturated heterocycles. The van der Waals surface area contributed by atoms with E-state index in [2.05, 4.69) is 205 Å². The van der Waals surface area contributed by atoms with E-state index in [1.807, 2.05) is 0 Å². The minimum atomic E-state index is -1.44. The van der Waals surface area contributed by atoms with Gasteiger partial charge in [0.25, 0.3) is 0 Å². The van der Waals surface area contributed by atoms with Crippen molar-refractivity contribution >= 4 is 85.5 Å². The van der Waals surface area contributed by atoms with Gasteiger partial charge >= 0.3 is 0 Å². The Balaban J connectivity index is 1.32. The van der Waals surface area contributed by atoms with Crippen LogP contribution in [-0.4, -0.2) is 12.5 Å². The van der Waals surface area contributed by atoms with Crippen LogP contribution in [0, 0.1) is 6.92 Å². The van der Waals surface area contributed by atoms with Gasteiger partial charge < -0.3 is 14.2 Å². The molecule has 3 nitrogen and oxygen atoms in total. The number of fused-ring (bicyclic) bond motifs is 6. The SMILES string of the molecule is Cc1ccc(N(c2ccccc2)c2cccc3c2c2cccc4c5c(N(c6ccccc6)c6ccc([Si](C)(C)C)cc6)cccc5n3c24)cc1. The van der Waals surface area contributed by atoms with Crippen molar-refractivity contribution < 1.29 is 0 Å². The topological polar surface area (TPSA) is 10.9 Å². The third kappa shape index (κ3) is 4.79. The van der Waals surface area contributed by atoms with Crippen LogP contribution in [0.15, 0.2) is 164 Å². The first-order valence-corrected chi connectivity index (χ1v) is 21.0. The molecular weight excluding hydrogens is 623 g/mol. The summed E-state index contributed by atoms with van der Waals surface area (Å²) >= 11 is 0. The van der Waals surface area contributed by atoms with Crippen LogP contribution in [0.4, 0.5) is 34.1 Å². The van der Waals surface area contributed by atoms with Crippen LogP contribution in [0.3, 0.4) is 0 Å². The standard InChI is InChI=1S/C46H39N3Si/c1-32-24-26-35(27-25-32)47(33-14-7-5-8-15-33)40-20-12-22-42-44(40)38-18-11-19-39-45-41(21-13-23-43(45)49(42)46(38)39)48(34-16-9-6-10-17-34)36-28-30-37(31-29-36)50(2,3)4/h5-31H,1-4H3. The summed E-state index contributed by atoms with van der Waals surface area (Å²) < 4.78 is 2.50. The number of benzene rings is 7. The van der Waals surface area contributed by atoms with E-state index in [-0.39, 0.29) is 0 Å². The van der Waals surface area contributed by atoms with Gasteiger partial charge in [-0.3, -0.25) is 0 Å². The lowest BCUT2D eigenvalue weighted by molar-refractivity contribution is 1.28. The summed E-state index contributed by atoms with van der Waals surface area (Å²) in [4.78, 5) is 4.83. The number of para-hydroxylation sites is 3.